The van der Waals surface area contributed by atoms with Gasteiger partial charge in [-0.2, -0.15) is 0 Å². The Bertz CT molecular complexity index is 325. The van der Waals surface area contributed by atoms with Crippen LogP contribution in [0.25, 0.3) is 0 Å². The Morgan fingerprint density at radius 1 is 1.38 bits per heavy atom. The number of hydrogen-bond donors (Lipinski definition) is 0. The number of carbonyl (C=O) groups is 1. The fourth-order valence-electron chi connectivity index (χ4n) is 1.63. The molecule has 0 bridgehead atoms. The van der Waals surface area contributed by atoms with Crippen molar-refractivity contribution in [2.24, 2.45) is 0 Å². The molecule has 16 heavy (non-hydrogen) atoms. The van der Waals surface area contributed by atoms with Crippen molar-refractivity contribution in [3.63, 3.8) is 0 Å². The van der Waals surface area contributed by atoms with Crippen molar-refractivity contribution >= 4 is 6.29 Å². The van der Waals surface area contributed by atoms with Crippen LogP contribution in [-0.4, -0.2) is 25.9 Å². The minimum absolute atomic E-state index is 0.208. The van der Waals surface area contributed by atoms with Crippen molar-refractivity contribution in [1.29, 1.82) is 0 Å². The quantitative estimate of drug-likeness (QED) is 0.700. The minimum Gasteiger partial charge on any atom is -0.378 e. The minimum atomic E-state index is -3.03. The van der Waals surface area contributed by atoms with E-state index in [-0.39, 0.29) is 6.42 Å². The van der Waals surface area contributed by atoms with Crippen LogP contribution >= 0.6 is 0 Å². The zero-order valence-electron chi connectivity index (χ0n) is 9.03. The molecular formula is C12H14F2O2. The maximum absolute atomic E-state index is 13.7. The number of aldehydes is 1. The molecule has 2 nitrogen and oxygen atoms in total. The van der Waals surface area contributed by atoms with E-state index in [0.717, 1.165) is 0 Å². The summed E-state index contributed by atoms with van der Waals surface area (Å²) in [6, 6.07) is 8.29. The monoisotopic (exact) mass is 228 g/mol. The molecule has 1 aromatic rings. The van der Waals surface area contributed by atoms with Crippen LogP contribution in [0, 0.1) is 0 Å². The Kier molecular flexibility index (Phi) is 4.55. The molecule has 0 spiro atoms. The Hall–Kier alpha value is -1.29. The van der Waals surface area contributed by atoms with Crippen LogP contribution in [0.1, 0.15) is 17.9 Å². The first kappa shape index (κ1) is 12.8. The molecule has 0 aliphatic rings. The maximum Gasteiger partial charge on any atom is 0.278 e. The second kappa shape index (κ2) is 5.70. The van der Waals surface area contributed by atoms with Crippen LogP contribution < -0.4 is 0 Å². The molecule has 0 radical (unpaired) electrons. The lowest BCUT2D eigenvalue weighted by Gasteiger charge is -2.25. The van der Waals surface area contributed by atoms with Gasteiger partial charge in [0.1, 0.15) is 12.9 Å². The van der Waals surface area contributed by atoms with Crippen molar-refractivity contribution in [1.82, 2.24) is 0 Å². The van der Waals surface area contributed by atoms with E-state index in [2.05, 4.69) is 4.74 Å². The van der Waals surface area contributed by atoms with Gasteiger partial charge in [0.25, 0.3) is 5.92 Å². The molecular weight excluding hydrogens is 214 g/mol. The van der Waals surface area contributed by atoms with Gasteiger partial charge < -0.3 is 9.53 Å². The fraction of sp³-hybridized carbons (Fsp3) is 0.417. The normalized spacial score (nSPS) is 13.4. The van der Waals surface area contributed by atoms with Crippen molar-refractivity contribution in [2.45, 2.75) is 18.3 Å². The standard InChI is InChI=1S/C12H14F2O2/c1-16-9-12(13,14)11(7-8-15)10-5-3-2-4-6-10/h2-6,8,11H,7,9H2,1H3/t11-/m0/s1. The first-order valence-electron chi connectivity index (χ1n) is 4.97. The highest BCUT2D eigenvalue weighted by atomic mass is 19.3. The molecule has 0 aliphatic heterocycles. The van der Waals surface area contributed by atoms with Crippen molar-refractivity contribution in [3.8, 4) is 0 Å². The lowest BCUT2D eigenvalue weighted by atomic mass is 9.90. The summed E-state index contributed by atoms with van der Waals surface area (Å²) in [6.07, 6.45) is 0.307. The third kappa shape index (κ3) is 3.10. The lowest BCUT2D eigenvalue weighted by molar-refractivity contribution is -0.115. The topological polar surface area (TPSA) is 26.3 Å². The van der Waals surface area contributed by atoms with Crippen LogP contribution in [-0.2, 0) is 9.53 Å². The highest BCUT2D eigenvalue weighted by Crippen LogP contribution is 2.35. The predicted octanol–water partition coefficient (Wildman–Crippen LogP) is 2.64. The van der Waals surface area contributed by atoms with Gasteiger partial charge in [0.2, 0.25) is 0 Å². The summed E-state index contributed by atoms with van der Waals surface area (Å²) in [7, 11) is 1.22. The predicted molar refractivity (Wildman–Crippen MR) is 56.7 cm³/mol. The molecule has 0 aromatic heterocycles. The number of halogens is 2. The average molecular weight is 228 g/mol. The van der Waals surface area contributed by atoms with Gasteiger partial charge in [-0.3, -0.25) is 0 Å². The van der Waals surface area contributed by atoms with Gasteiger partial charge in [0.15, 0.2) is 0 Å². The third-order valence-electron chi connectivity index (χ3n) is 2.38. The molecule has 1 rings (SSSR count). The van der Waals surface area contributed by atoms with E-state index in [9.17, 15) is 13.6 Å². The fourth-order valence-corrected chi connectivity index (χ4v) is 1.63. The summed E-state index contributed by atoms with van der Waals surface area (Å²) in [4.78, 5) is 10.5. The molecule has 88 valence electrons. The molecule has 0 amide bonds. The second-order valence-corrected chi connectivity index (χ2v) is 3.56. The average Bonchev–Trinajstić information content (AvgIpc) is 2.27. The number of ether oxygens (including phenoxy) is 1. The highest BCUT2D eigenvalue weighted by molar-refractivity contribution is 5.52. The van der Waals surface area contributed by atoms with E-state index < -0.39 is 18.4 Å². The van der Waals surface area contributed by atoms with Crippen molar-refractivity contribution in [2.75, 3.05) is 13.7 Å². The first-order chi connectivity index (χ1) is 7.61. The van der Waals surface area contributed by atoms with E-state index in [1.54, 1.807) is 30.3 Å². The SMILES string of the molecule is COCC(F)(F)[C@@H](CC=O)c1ccccc1. The van der Waals surface area contributed by atoms with Crippen LogP contribution in [0.4, 0.5) is 8.78 Å². The zero-order valence-corrected chi connectivity index (χ0v) is 9.03. The smallest absolute Gasteiger partial charge is 0.278 e. The Morgan fingerprint density at radius 3 is 2.50 bits per heavy atom. The summed E-state index contributed by atoms with van der Waals surface area (Å²) >= 11 is 0. The summed E-state index contributed by atoms with van der Waals surface area (Å²) in [6.45, 7) is -0.680. The van der Waals surface area contributed by atoms with E-state index in [1.807, 2.05) is 0 Å². The molecule has 4 heteroatoms. The maximum atomic E-state index is 13.7. The van der Waals surface area contributed by atoms with Crippen LogP contribution in [0.3, 0.4) is 0 Å². The summed E-state index contributed by atoms with van der Waals surface area (Å²) in [5.41, 5.74) is 0.455. The summed E-state index contributed by atoms with van der Waals surface area (Å²) in [5, 5.41) is 0. The molecule has 0 saturated heterocycles. The van der Waals surface area contributed by atoms with Gasteiger partial charge in [-0.25, -0.2) is 8.78 Å². The molecule has 0 unspecified atom stereocenters. The molecule has 1 aromatic carbocycles. The van der Waals surface area contributed by atoms with Crippen molar-refractivity contribution in [3.05, 3.63) is 35.9 Å². The molecule has 0 heterocycles. The largest absolute Gasteiger partial charge is 0.378 e. The van der Waals surface area contributed by atoms with Crippen molar-refractivity contribution < 1.29 is 18.3 Å². The summed E-state index contributed by atoms with van der Waals surface area (Å²) < 4.78 is 31.8. The van der Waals surface area contributed by atoms with Crippen LogP contribution in [0.5, 0.6) is 0 Å². The van der Waals surface area contributed by atoms with Gasteiger partial charge in [0, 0.05) is 13.5 Å². The van der Waals surface area contributed by atoms with Gasteiger partial charge in [-0.1, -0.05) is 30.3 Å². The number of alkyl halides is 2. The molecule has 0 fully saturated rings. The summed E-state index contributed by atoms with van der Waals surface area (Å²) in [5.74, 6) is -4.15. The molecule has 0 aliphatic carbocycles. The number of rotatable bonds is 6. The zero-order chi connectivity index (χ0) is 12.0. The number of benzene rings is 1. The van der Waals surface area contributed by atoms with E-state index in [1.165, 1.54) is 7.11 Å². The number of methoxy groups -OCH3 is 1. The highest BCUT2D eigenvalue weighted by Gasteiger charge is 2.40. The number of carbonyl (C=O) groups excluding carboxylic acids is 1. The number of hydrogen-bond acceptors (Lipinski definition) is 2. The molecule has 0 N–H and O–H groups in total. The van der Waals surface area contributed by atoms with E-state index in [4.69, 9.17) is 0 Å². The lowest BCUT2D eigenvalue weighted by Crippen LogP contribution is -2.31. The molecule has 0 saturated carbocycles. The van der Waals surface area contributed by atoms with Gasteiger partial charge in [0.05, 0.1) is 5.92 Å². The van der Waals surface area contributed by atoms with Gasteiger partial charge in [-0.15, -0.1) is 0 Å². The third-order valence-corrected chi connectivity index (χ3v) is 2.38. The van der Waals surface area contributed by atoms with Crippen LogP contribution in [0.15, 0.2) is 30.3 Å². The van der Waals surface area contributed by atoms with Crippen LogP contribution in [0.2, 0.25) is 0 Å². The van der Waals surface area contributed by atoms with Gasteiger partial charge >= 0.3 is 0 Å². The Balaban J connectivity index is 2.95. The van der Waals surface area contributed by atoms with E-state index in [0.29, 0.717) is 11.8 Å². The second-order valence-electron chi connectivity index (χ2n) is 3.56. The molecule has 1 atom stereocenters. The van der Waals surface area contributed by atoms with Gasteiger partial charge in [-0.05, 0) is 5.56 Å². The Labute approximate surface area is 93.2 Å². The van der Waals surface area contributed by atoms with E-state index >= 15 is 0 Å². The first-order valence-corrected chi connectivity index (χ1v) is 4.97. The Morgan fingerprint density at radius 2 is 2.00 bits per heavy atom.